The van der Waals surface area contributed by atoms with Crippen molar-refractivity contribution in [1.82, 2.24) is 4.90 Å². The van der Waals surface area contributed by atoms with Crippen LogP contribution in [-0.4, -0.2) is 36.5 Å². The van der Waals surface area contributed by atoms with Crippen molar-refractivity contribution in [2.75, 3.05) is 26.0 Å². The number of nitrogens with one attached hydrogen (secondary N) is 1. The average molecular weight is 287 g/mol. The summed E-state index contributed by atoms with van der Waals surface area (Å²) in [6.45, 7) is 4.46. The van der Waals surface area contributed by atoms with Crippen LogP contribution in [0.1, 0.15) is 13.8 Å². The lowest BCUT2D eigenvalue weighted by Crippen LogP contribution is -2.36. The Balaban J connectivity index is 3.14. The molecule has 0 radical (unpaired) electrons. The van der Waals surface area contributed by atoms with Crippen LogP contribution in [0, 0.1) is 27.7 Å². The van der Waals surface area contributed by atoms with Crippen molar-refractivity contribution in [3.05, 3.63) is 33.9 Å². The van der Waals surface area contributed by atoms with Gasteiger partial charge in [-0.2, -0.15) is 4.39 Å². The van der Waals surface area contributed by atoms with Crippen molar-refractivity contribution in [3.8, 4) is 0 Å². The first-order chi connectivity index (χ1) is 9.22. The summed E-state index contributed by atoms with van der Waals surface area (Å²) in [6, 6.07) is 1.30. The second kappa shape index (κ2) is 6.60. The topological polar surface area (TPSA) is 58.4 Å². The van der Waals surface area contributed by atoms with Gasteiger partial charge in [0, 0.05) is 24.7 Å². The molecule has 1 aromatic rings. The fraction of sp³-hybridized carbons (Fsp3) is 0.538. The van der Waals surface area contributed by atoms with E-state index < -0.39 is 22.2 Å². The number of nitro groups is 1. The van der Waals surface area contributed by atoms with Gasteiger partial charge in [0.15, 0.2) is 0 Å². The van der Waals surface area contributed by atoms with E-state index in [4.69, 9.17) is 0 Å². The van der Waals surface area contributed by atoms with E-state index in [2.05, 4.69) is 5.32 Å². The zero-order valence-electron chi connectivity index (χ0n) is 12.0. The molecule has 0 saturated carbocycles. The molecule has 5 nitrogen and oxygen atoms in total. The van der Waals surface area contributed by atoms with Crippen LogP contribution in [0.2, 0.25) is 0 Å². The molecule has 1 aromatic carbocycles. The number of anilines is 1. The first kappa shape index (κ1) is 16.3. The van der Waals surface area contributed by atoms with Crippen LogP contribution in [-0.2, 0) is 0 Å². The molecule has 112 valence electrons. The molecule has 1 unspecified atom stereocenters. The number of benzene rings is 1. The molecule has 20 heavy (non-hydrogen) atoms. The van der Waals surface area contributed by atoms with Gasteiger partial charge in [-0.05, 0) is 20.0 Å². The highest BCUT2D eigenvalue weighted by molar-refractivity contribution is 5.62. The second-order valence-corrected chi connectivity index (χ2v) is 5.30. The molecule has 0 bridgehead atoms. The number of nitro benzene ring substituents is 1. The summed E-state index contributed by atoms with van der Waals surface area (Å²) in [5, 5.41) is 13.8. The maximum absolute atomic E-state index is 13.5. The van der Waals surface area contributed by atoms with E-state index in [1.807, 2.05) is 32.8 Å². The van der Waals surface area contributed by atoms with Gasteiger partial charge in [0.2, 0.25) is 5.82 Å². The molecule has 0 spiro atoms. The van der Waals surface area contributed by atoms with Gasteiger partial charge in [-0.15, -0.1) is 0 Å². The lowest BCUT2D eigenvalue weighted by atomic mass is 10.0. The van der Waals surface area contributed by atoms with Crippen molar-refractivity contribution in [3.63, 3.8) is 0 Å². The summed E-state index contributed by atoms with van der Waals surface area (Å²) in [6.07, 6.45) is 0. The number of hydrogen-bond donors (Lipinski definition) is 1. The van der Waals surface area contributed by atoms with Gasteiger partial charge in [-0.1, -0.05) is 13.8 Å². The molecule has 0 aliphatic carbocycles. The molecule has 0 aliphatic heterocycles. The zero-order chi connectivity index (χ0) is 15.4. The lowest BCUT2D eigenvalue weighted by molar-refractivity contribution is -0.386. The molecule has 0 aromatic heterocycles. The van der Waals surface area contributed by atoms with Crippen LogP contribution < -0.4 is 5.32 Å². The van der Waals surface area contributed by atoms with Crippen LogP contribution in [0.5, 0.6) is 0 Å². The van der Waals surface area contributed by atoms with Crippen LogP contribution in [0.4, 0.5) is 20.2 Å². The van der Waals surface area contributed by atoms with E-state index in [-0.39, 0.29) is 17.6 Å². The lowest BCUT2D eigenvalue weighted by Gasteiger charge is -2.26. The third-order valence-electron chi connectivity index (χ3n) is 2.92. The summed E-state index contributed by atoms with van der Waals surface area (Å²) in [7, 11) is 3.72. The first-order valence-electron chi connectivity index (χ1n) is 6.27. The minimum atomic E-state index is -1.18. The third kappa shape index (κ3) is 4.12. The van der Waals surface area contributed by atoms with E-state index in [0.29, 0.717) is 12.6 Å². The largest absolute Gasteiger partial charge is 0.375 e. The molecule has 0 heterocycles. The van der Waals surface area contributed by atoms with Crippen molar-refractivity contribution in [2.24, 2.45) is 5.92 Å². The van der Waals surface area contributed by atoms with Crippen LogP contribution >= 0.6 is 0 Å². The molecular weight excluding hydrogens is 268 g/mol. The Kier molecular flexibility index (Phi) is 5.38. The van der Waals surface area contributed by atoms with E-state index in [1.165, 1.54) is 0 Å². The van der Waals surface area contributed by atoms with Gasteiger partial charge < -0.3 is 10.2 Å². The highest BCUT2D eigenvalue weighted by Gasteiger charge is 2.25. The van der Waals surface area contributed by atoms with Gasteiger partial charge in [0.25, 0.3) is 0 Å². The Bertz CT molecular complexity index is 493. The van der Waals surface area contributed by atoms with Crippen LogP contribution in [0.15, 0.2) is 12.1 Å². The Morgan fingerprint density at radius 3 is 2.40 bits per heavy atom. The van der Waals surface area contributed by atoms with Crippen molar-refractivity contribution in [1.29, 1.82) is 0 Å². The maximum Gasteiger partial charge on any atom is 0.327 e. The van der Waals surface area contributed by atoms with Crippen LogP contribution in [0.25, 0.3) is 0 Å². The molecular formula is C13H19F2N3O2. The molecule has 0 aliphatic rings. The normalized spacial score (nSPS) is 12.8. The number of likely N-dealkylation sites (N-methyl/N-ethyl adjacent to an activating group) is 1. The summed E-state index contributed by atoms with van der Waals surface area (Å²) >= 11 is 0. The Hall–Kier alpha value is -1.76. The smallest absolute Gasteiger partial charge is 0.327 e. The molecule has 0 fully saturated rings. The molecule has 0 amide bonds. The monoisotopic (exact) mass is 287 g/mol. The minimum Gasteiger partial charge on any atom is -0.375 e. The zero-order valence-corrected chi connectivity index (χ0v) is 12.0. The fourth-order valence-electron chi connectivity index (χ4n) is 1.88. The Labute approximate surface area is 116 Å². The second-order valence-electron chi connectivity index (χ2n) is 5.30. The van der Waals surface area contributed by atoms with Gasteiger partial charge >= 0.3 is 5.69 Å². The van der Waals surface area contributed by atoms with Gasteiger partial charge in [-0.25, -0.2) is 4.39 Å². The fourth-order valence-corrected chi connectivity index (χ4v) is 1.88. The minimum absolute atomic E-state index is 0.131. The van der Waals surface area contributed by atoms with E-state index in [1.54, 1.807) is 0 Å². The van der Waals surface area contributed by atoms with E-state index in [9.17, 15) is 18.9 Å². The molecule has 1 atom stereocenters. The quantitative estimate of drug-likeness (QED) is 0.645. The average Bonchev–Trinajstić information content (AvgIpc) is 2.25. The van der Waals surface area contributed by atoms with Gasteiger partial charge in [-0.3, -0.25) is 10.1 Å². The number of halogens is 2. The van der Waals surface area contributed by atoms with E-state index in [0.717, 1.165) is 6.07 Å². The van der Waals surface area contributed by atoms with Crippen molar-refractivity contribution < 1.29 is 13.7 Å². The van der Waals surface area contributed by atoms with Crippen molar-refractivity contribution >= 4 is 11.4 Å². The highest BCUT2D eigenvalue weighted by Crippen LogP contribution is 2.30. The van der Waals surface area contributed by atoms with Crippen molar-refractivity contribution in [2.45, 2.75) is 19.9 Å². The predicted octanol–water partition coefficient (Wildman–Crippen LogP) is 2.87. The summed E-state index contributed by atoms with van der Waals surface area (Å²) in [5.74, 6) is -1.88. The molecule has 1 N–H and O–H groups in total. The van der Waals surface area contributed by atoms with E-state index >= 15 is 0 Å². The van der Waals surface area contributed by atoms with Gasteiger partial charge in [0.1, 0.15) is 11.5 Å². The summed E-state index contributed by atoms with van der Waals surface area (Å²) in [4.78, 5) is 12.0. The molecule has 1 rings (SSSR count). The standard InChI is InChI=1S/C13H19F2N3O2/c1-8(2)12(7-17(3)4)16-11-6-9(14)5-10(15)13(11)18(19)20/h5-6,8,12,16H,7H2,1-4H3. The van der Waals surface area contributed by atoms with Gasteiger partial charge in [0.05, 0.1) is 4.92 Å². The predicted molar refractivity (Wildman–Crippen MR) is 73.8 cm³/mol. The first-order valence-corrected chi connectivity index (χ1v) is 6.27. The molecule has 0 saturated heterocycles. The third-order valence-corrected chi connectivity index (χ3v) is 2.92. The highest BCUT2D eigenvalue weighted by atomic mass is 19.1. The summed E-state index contributed by atoms with van der Waals surface area (Å²) in [5.41, 5.74) is -0.858. The Morgan fingerprint density at radius 2 is 1.95 bits per heavy atom. The molecule has 7 heteroatoms. The number of rotatable bonds is 6. The summed E-state index contributed by atoms with van der Waals surface area (Å²) < 4.78 is 26.8. The maximum atomic E-state index is 13.5. The number of hydrogen-bond acceptors (Lipinski definition) is 4. The van der Waals surface area contributed by atoms with Crippen LogP contribution in [0.3, 0.4) is 0 Å². The SMILES string of the molecule is CC(C)C(CN(C)C)Nc1cc(F)cc(F)c1[N+](=O)[O-]. The number of nitrogens with zero attached hydrogens (tertiary/aromatic N) is 2. The Morgan fingerprint density at radius 1 is 1.35 bits per heavy atom.